The Kier molecular flexibility index (Phi) is 5.15. The molecule has 0 aliphatic heterocycles. The van der Waals surface area contributed by atoms with Crippen molar-refractivity contribution in [3.63, 3.8) is 0 Å². The second-order valence-corrected chi connectivity index (χ2v) is 5.52. The van der Waals surface area contributed by atoms with Crippen molar-refractivity contribution in [3.8, 4) is 5.75 Å². The summed E-state index contributed by atoms with van der Waals surface area (Å²) in [4.78, 5) is 0. The van der Waals surface area contributed by atoms with Crippen molar-refractivity contribution in [1.29, 1.82) is 0 Å². The lowest BCUT2D eigenvalue weighted by molar-refractivity contribution is 0.299. The van der Waals surface area contributed by atoms with Crippen LogP contribution >= 0.6 is 15.9 Å². The quantitative estimate of drug-likeness (QED) is 0.866. The Hall–Kier alpha value is -1.39. The number of nitrogens with two attached hydrogens (primary N) is 1. The number of hydrogen-bond acceptors (Lipinski definition) is 2. The molecule has 0 spiro atoms. The summed E-state index contributed by atoms with van der Waals surface area (Å²) in [6.45, 7) is 2.25. The first kappa shape index (κ1) is 15.0. The average Bonchev–Trinajstić information content (AvgIpc) is 2.46. The van der Waals surface area contributed by atoms with E-state index in [9.17, 15) is 4.39 Å². The fourth-order valence-corrected chi connectivity index (χ4v) is 2.18. The number of benzene rings is 2. The van der Waals surface area contributed by atoms with E-state index >= 15 is 0 Å². The summed E-state index contributed by atoms with van der Waals surface area (Å²) >= 11 is 3.23. The smallest absolute Gasteiger partial charge is 0.130 e. The van der Waals surface area contributed by atoms with Crippen LogP contribution in [0.3, 0.4) is 0 Å². The summed E-state index contributed by atoms with van der Waals surface area (Å²) in [5, 5.41) is 0. The molecular formula is C16H17BrFNO. The Morgan fingerprint density at radius 2 is 1.90 bits per heavy atom. The SMILES string of the molecule is CC[C@@H](N)c1ccc(OCc2ccc(Br)cc2F)cc1. The minimum absolute atomic E-state index is 0.0490. The van der Waals surface area contributed by atoms with Gasteiger partial charge in [0.2, 0.25) is 0 Å². The maximum atomic E-state index is 13.6. The fourth-order valence-electron chi connectivity index (χ4n) is 1.85. The molecule has 0 radical (unpaired) electrons. The highest BCUT2D eigenvalue weighted by Gasteiger charge is 2.05. The molecule has 1 atom stereocenters. The molecule has 0 amide bonds. The van der Waals surface area contributed by atoms with Crippen molar-refractivity contribution < 1.29 is 9.13 Å². The van der Waals surface area contributed by atoms with Crippen LogP contribution in [0.25, 0.3) is 0 Å². The van der Waals surface area contributed by atoms with Crippen molar-refractivity contribution in [2.45, 2.75) is 26.0 Å². The summed E-state index contributed by atoms with van der Waals surface area (Å²) in [6, 6.07) is 12.6. The zero-order chi connectivity index (χ0) is 14.5. The standard InChI is InChI=1S/C16H17BrFNO/c1-2-16(19)11-4-7-14(8-5-11)20-10-12-3-6-13(17)9-15(12)18/h3-9,16H,2,10,19H2,1H3/t16-/m1/s1. The highest BCUT2D eigenvalue weighted by atomic mass is 79.9. The minimum atomic E-state index is -0.274. The number of hydrogen-bond donors (Lipinski definition) is 1. The van der Waals surface area contributed by atoms with Gasteiger partial charge in [-0.15, -0.1) is 0 Å². The van der Waals surface area contributed by atoms with Gasteiger partial charge in [-0.1, -0.05) is 41.1 Å². The van der Waals surface area contributed by atoms with Gasteiger partial charge in [0.25, 0.3) is 0 Å². The second-order valence-electron chi connectivity index (χ2n) is 4.61. The van der Waals surface area contributed by atoms with Gasteiger partial charge < -0.3 is 10.5 Å². The fraction of sp³-hybridized carbons (Fsp3) is 0.250. The van der Waals surface area contributed by atoms with Crippen molar-refractivity contribution >= 4 is 15.9 Å². The molecule has 0 unspecified atom stereocenters. The molecule has 2 nitrogen and oxygen atoms in total. The van der Waals surface area contributed by atoms with Gasteiger partial charge in [0.1, 0.15) is 18.2 Å². The van der Waals surface area contributed by atoms with Gasteiger partial charge in [0.15, 0.2) is 0 Å². The molecule has 2 aromatic carbocycles. The predicted molar refractivity (Wildman–Crippen MR) is 82.1 cm³/mol. The third-order valence-corrected chi connectivity index (χ3v) is 3.65. The number of rotatable bonds is 5. The first-order valence-electron chi connectivity index (χ1n) is 6.52. The molecule has 4 heteroatoms. The zero-order valence-electron chi connectivity index (χ0n) is 11.3. The molecule has 0 fully saturated rings. The molecule has 0 aromatic heterocycles. The van der Waals surface area contributed by atoms with Crippen LogP contribution in [0.5, 0.6) is 5.75 Å². The van der Waals surface area contributed by atoms with Crippen LogP contribution in [-0.4, -0.2) is 0 Å². The van der Waals surface area contributed by atoms with Crippen LogP contribution in [0.4, 0.5) is 4.39 Å². The Balaban J connectivity index is 2.00. The van der Waals surface area contributed by atoms with Crippen molar-refractivity contribution in [1.82, 2.24) is 0 Å². The Morgan fingerprint density at radius 1 is 1.20 bits per heavy atom. The van der Waals surface area contributed by atoms with Crippen molar-refractivity contribution in [2.75, 3.05) is 0 Å². The van der Waals surface area contributed by atoms with E-state index in [1.165, 1.54) is 6.07 Å². The lowest BCUT2D eigenvalue weighted by atomic mass is 10.1. The van der Waals surface area contributed by atoms with Crippen LogP contribution in [-0.2, 0) is 6.61 Å². The van der Waals surface area contributed by atoms with E-state index in [1.54, 1.807) is 12.1 Å². The third kappa shape index (κ3) is 3.81. The van der Waals surface area contributed by atoms with Crippen LogP contribution in [0.1, 0.15) is 30.5 Å². The Labute approximate surface area is 126 Å². The second kappa shape index (κ2) is 6.86. The molecule has 2 N–H and O–H groups in total. The summed E-state index contributed by atoms with van der Waals surface area (Å²) < 4.78 is 19.9. The van der Waals surface area contributed by atoms with Gasteiger partial charge in [-0.3, -0.25) is 0 Å². The molecular weight excluding hydrogens is 321 g/mol. The average molecular weight is 338 g/mol. The van der Waals surface area contributed by atoms with E-state index in [0.717, 1.165) is 16.5 Å². The zero-order valence-corrected chi connectivity index (χ0v) is 12.9. The molecule has 2 aromatic rings. The number of ether oxygens (including phenoxy) is 1. The molecule has 0 aliphatic rings. The minimum Gasteiger partial charge on any atom is -0.489 e. The first-order chi connectivity index (χ1) is 9.60. The molecule has 0 aliphatic carbocycles. The van der Waals surface area contributed by atoms with Crippen LogP contribution < -0.4 is 10.5 Å². The molecule has 20 heavy (non-hydrogen) atoms. The Morgan fingerprint density at radius 3 is 2.50 bits per heavy atom. The molecule has 0 saturated carbocycles. The highest BCUT2D eigenvalue weighted by molar-refractivity contribution is 9.10. The molecule has 0 heterocycles. The highest BCUT2D eigenvalue weighted by Crippen LogP contribution is 2.20. The third-order valence-electron chi connectivity index (χ3n) is 3.16. The number of halogens is 2. The van der Waals surface area contributed by atoms with E-state index in [0.29, 0.717) is 11.3 Å². The summed E-state index contributed by atoms with van der Waals surface area (Å²) in [6.07, 6.45) is 0.893. The van der Waals surface area contributed by atoms with Crippen LogP contribution in [0.2, 0.25) is 0 Å². The predicted octanol–water partition coefficient (Wildman–Crippen LogP) is 4.58. The first-order valence-corrected chi connectivity index (χ1v) is 7.31. The molecule has 2 rings (SSSR count). The van der Waals surface area contributed by atoms with E-state index in [2.05, 4.69) is 15.9 Å². The van der Waals surface area contributed by atoms with Gasteiger partial charge in [0, 0.05) is 16.1 Å². The molecule has 0 bridgehead atoms. The van der Waals surface area contributed by atoms with E-state index in [4.69, 9.17) is 10.5 Å². The van der Waals surface area contributed by atoms with Crippen LogP contribution in [0.15, 0.2) is 46.9 Å². The monoisotopic (exact) mass is 337 g/mol. The maximum absolute atomic E-state index is 13.6. The lowest BCUT2D eigenvalue weighted by Gasteiger charge is -2.11. The van der Waals surface area contributed by atoms with Gasteiger partial charge >= 0.3 is 0 Å². The van der Waals surface area contributed by atoms with E-state index in [1.807, 2.05) is 31.2 Å². The van der Waals surface area contributed by atoms with Crippen molar-refractivity contribution in [2.24, 2.45) is 5.73 Å². The normalized spacial score (nSPS) is 12.2. The molecule has 0 saturated heterocycles. The summed E-state index contributed by atoms with van der Waals surface area (Å²) in [7, 11) is 0. The van der Waals surface area contributed by atoms with E-state index < -0.39 is 0 Å². The topological polar surface area (TPSA) is 35.2 Å². The lowest BCUT2D eigenvalue weighted by Crippen LogP contribution is -2.08. The van der Waals surface area contributed by atoms with Crippen molar-refractivity contribution in [3.05, 3.63) is 63.9 Å². The van der Waals surface area contributed by atoms with Gasteiger partial charge in [-0.2, -0.15) is 0 Å². The Bertz CT molecular complexity index is 571. The summed E-state index contributed by atoms with van der Waals surface area (Å²) in [5.41, 5.74) is 7.56. The maximum Gasteiger partial charge on any atom is 0.130 e. The largest absolute Gasteiger partial charge is 0.489 e. The summed E-state index contributed by atoms with van der Waals surface area (Å²) in [5.74, 6) is 0.434. The van der Waals surface area contributed by atoms with E-state index in [-0.39, 0.29) is 18.5 Å². The van der Waals surface area contributed by atoms with Gasteiger partial charge in [0.05, 0.1) is 0 Å². The molecule has 106 valence electrons. The van der Waals surface area contributed by atoms with Gasteiger partial charge in [-0.25, -0.2) is 4.39 Å². The van der Waals surface area contributed by atoms with Crippen LogP contribution in [0, 0.1) is 5.82 Å². The van der Waals surface area contributed by atoms with Gasteiger partial charge in [-0.05, 0) is 36.2 Å².